The summed E-state index contributed by atoms with van der Waals surface area (Å²) in [4.78, 5) is 8.40. The SMILES string of the molecule is COc1c(-c2ccc(F)cc2)nc(Cl)nc1C(C)C. The van der Waals surface area contributed by atoms with Crippen LogP contribution in [-0.4, -0.2) is 17.1 Å². The van der Waals surface area contributed by atoms with Crippen molar-refractivity contribution in [1.82, 2.24) is 9.97 Å². The van der Waals surface area contributed by atoms with E-state index in [1.54, 1.807) is 19.2 Å². The molecule has 0 spiro atoms. The first-order valence-corrected chi connectivity index (χ1v) is 6.28. The average molecular weight is 281 g/mol. The summed E-state index contributed by atoms with van der Waals surface area (Å²) in [6, 6.07) is 6.03. The van der Waals surface area contributed by atoms with Crippen molar-refractivity contribution in [3.05, 3.63) is 41.1 Å². The fourth-order valence-corrected chi connectivity index (χ4v) is 2.01. The number of halogens is 2. The molecule has 0 N–H and O–H groups in total. The monoisotopic (exact) mass is 280 g/mol. The van der Waals surface area contributed by atoms with Gasteiger partial charge in [0, 0.05) is 5.56 Å². The molecular formula is C14H14ClFN2O. The van der Waals surface area contributed by atoms with E-state index in [1.807, 2.05) is 13.8 Å². The van der Waals surface area contributed by atoms with Crippen LogP contribution in [0.15, 0.2) is 24.3 Å². The van der Waals surface area contributed by atoms with Crippen molar-refractivity contribution in [1.29, 1.82) is 0 Å². The molecule has 0 bridgehead atoms. The van der Waals surface area contributed by atoms with E-state index in [4.69, 9.17) is 16.3 Å². The maximum Gasteiger partial charge on any atom is 0.223 e. The van der Waals surface area contributed by atoms with Gasteiger partial charge in [-0.2, -0.15) is 0 Å². The molecule has 0 amide bonds. The number of aromatic nitrogens is 2. The molecule has 19 heavy (non-hydrogen) atoms. The van der Waals surface area contributed by atoms with Crippen molar-refractivity contribution in [3.8, 4) is 17.0 Å². The molecule has 2 rings (SSSR count). The van der Waals surface area contributed by atoms with Gasteiger partial charge in [-0.1, -0.05) is 13.8 Å². The molecule has 100 valence electrons. The minimum absolute atomic E-state index is 0.148. The lowest BCUT2D eigenvalue weighted by molar-refractivity contribution is 0.404. The van der Waals surface area contributed by atoms with Crippen LogP contribution in [0, 0.1) is 5.82 Å². The molecule has 0 saturated heterocycles. The van der Waals surface area contributed by atoms with E-state index in [0.29, 0.717) is 11.4 Å². The third kappa shape index (κ3) is 2.84. The van der Waals surface area contributed by atoms with Crippen molar-refractivity contribution < 1.29 is 9.13 Å². The van der Waals surface area contributed by atoms with Crippen molar-refractivity contribution in [2.45, 2.75) is 19.8 Å². The maximum atomic E-state index is 13.0. The van der Waals surface area contributed by atoms with Gasteiger partial charge in [-0.05, 0) is 41.8 Å². The van der Waals surface area contributed by atoms with Gasteiger partial charge in [0.05, 0.1) is 12.8 Å². The second-order valence-electron chi connectivity index (χ2n) is 4.42. The van der Waals surface area contributed by atoms with Crippen molar-refractivity contribution in [2.75, 3.05) is 7.11 Å². The van der Waals surface area contributed by atoms with Gasteiger partial charge in [-0.3, -0.25) is 0 Å². The Kier molecular flexibility index (Phi) is 4.00. The molecule has 0 unspecified atom stereocenters. The second kappa shape index (κ2) is 5.53. The Balaban J connectivity index is 2.64. The van der Waals surface area contributed by atoms with E-state index in [1.165, 1.54) is 12.1 Å². The van der Waals surface area contributed by atoms with Gasteiger partial charge in [0.15, 0.2) is 5.75 Å². The molecule has 2 aromatic rings. The van der Waals surface area contributed by atoms with Crippen LogP contribution < -0.4 is 4.74 Å². The number of rotatable bonds is 3. The van der Waals surface area contributed by atoms with E-state index < -0.39 is 0 Å². The number of hydrogen-bond acceptors (Lipinski definition) is 3. The van der Waals surface area contributed by atoms with Gasteiger partial charge >= 0.3 is 0 Å². The van der Waals surface area contributed by atoms with E-state index in [9.17, 15) is 4.39 Å². The molecule has 1 heterocycles. The minimum Gasteiger partial charge on any atom is -0.493 e. The summed E-state index contributed by atoms with van der Waals surface area (Å²) in [7, 11) is 1.56. The predicted octanol–water partition coefficient (Wildman–Crippen LogP) is 4.07. The molecule has 5 heteroatoms. The van der Waals surface area contributed by atoms with Gasteiger partial charge in [0.25, 0.3) is 0 Å². The summed E-state index contributed by atoms with van der Waals surface area (Å²) in [6.45, 7) is 3.99. The first-order valence-electron chi connectivity index (χ1n) is 5.90. The Hall–Kier alpha value is -1.68. The van der Waals surface area contributed by atoms with Crippen LogP contribution in [-0.2, 0) is 0 Å². The Morgan fingerprint density at radius 3 is 2.32 bits per heavy atom. The molecule has 0 fully saturated rings. The van der Waals surface area contributed by atoms with Gasteiger partial charge in [0.1, 0.15) is 11.5 Å². The van der Waals surface area contributed by atoms with Crippen LogP contribution in [0.5, 0.6) is 5.75 Å². The molecule has 1 aromatic carbocycles. The third-order valence-electron chi connectivity index (χ3n) is 2.73. The second-order valence-corrected chi connectivity index (χ2v) is 4.76. The number of hydrogen-bond donors (Lipinski definition) is 0. The molecule has 1 aromatic heterocycles. The number of benzene rings is 1. The van der Waals surface area contributed by atoms with Crippen molar-refractivity contribution >= 4 is 11.6 Å². The fourth-order valence-electron chi connectivity index (χ4n) is 1.84. The molecule has 3 nitrogen and oxygen atoms in total. The Labute approximate surface area is 116 Å². The standard InChI is InChI=1S/C14H14ClFN2O/c1-8(2)11-13(19-3)12(18-14(15)17-11)9-4-6-10(16)7-5-9/h4-8H,1-3H3. The van der Waals surface area contributed by atoms with Crippen LogP contribution >= 0.6 is 11.6 Å². The maximum absolute atomic E-state index is 13.0. The van der Waals surface area contributed by atoms with Crippen LogP contribution in [0.4, 0.5) is 4.39 Å². The topological polar surface area (TPSA) is 35.0 Å². The first kappa shape index (κ1) is 13.7. The highest BCUT2D eigenvalue weighted by Gasteiger charge is 2.18. The van der Waals surface area contributed by atoms with Crippen LogP contribution in [0.2, 0.25) is 5.28 Å². The fraction of sp³-hybridized carbons (Fsp3) is 0.286. The van der Waals surface area contributed by atoms with Gasteiger partial charge in [0.2, 0.25) is 5.28 Å². The molecule has 0 aliphatic carbocycles. The number of ether oxygens (including phenoxy) is 1. The number of nitrogens with zero attached hydrogens (tertiary/aromatic N) is 2. The van der Waals surface area contributed by atoms with E-state index in [2.05, 4.69) is 9.97 Å². The lowest BCUT2D eigenvalue weighted by Gasteiger charge is -2.14. The largest absolute Gasteiger partial charge is 0.493 e. The zero-order valence-electron chi connectivity index (χ0n) is 10.9. The molecule has 0 atom stereocenters. The molecule has 0 saturated carbocycles. The lowest BCUT2D eigenvalue weighted by Crippen LogP contribution is -2.03. The number of methoxy groups -OCH3 is 1. The summed E-state index contributed by atoms with van der Waals surface area (Å²) >= 11 is 5.95. The van der Waals surface area contributed by atoms with Gasteiger partial charge < -0.3 is 4.74 Å². The van der Waals surface area contributed by atoms with E-state index >= 15 is 0 Å². The predicted molar refractivity (Wildman–Crippen MR) is 73.1 cm³/mol. The summed E-state index contributed by atoms with van der Waals surface area (Å²) in [6.07, 6.45) is 0. The molecule has 0 aliphatic rings. The molecule has 0 radical (unpaired) electrons. The zero-order valence-corrected chi connectivity index (χ0v) is 11.7. The summed E-state index contributed by atoms with van der Waals surface area (Å²) in [5.74, 6) is 0.424. The Morgan fingerprint density at radius 1 is 1.16 bits per heavy atom. The average Bonchev–Trinajstić information content (AvgIpc) is 2.38. The summed E-state index contributed by atoms with van der Waals surface area (Å²) in [5.41, 5.74) is 2.05. The van der Waals surface area contributed by atoms with E-state index in [0.717, 1.165) is 11.3 Å². The molecular weight excluding hydrogens is 267 g/mol. The zero-order chi connectivity index (χ0) is 14.0. The summed E-state index contributed by atoms with van der Waals surface area (Å²) < 4.78 is 18.4. The Bertz CT molecular complexity index is 585. The minimum atomic E-state index is -0.299. The van der Waals surface area contributed by atoms with Crippen molar-refractivity contribution in [3.63, 3.8) is 0 Å². The van der Waals surface area contributed by atoms with Gasteiger partial charge in [-0.15, -0.1) is 0 Å². The highest BCUT2D eigenvalue weighted by Crippen LogP contribution is 2.35. The van der Waals surface area contributed by atoms with Crippen LogP contribution in [0.25, 0.3) is 11.3 Å². The van der Waals surface area contributed by atoms with Crippen LogP contribution in [0.3, 0.4) is 0 Å². The van der Waals surface area contributed by atoms with Crippen LogP contribution in [0.1, 0.15) is 25.5 Å². The summed E-state index contributed by atoms with van der Waals surface area (Å²) in [5, 5.41) is 0.156. The third-order valence-corrected chi connectivity index (χ3v) is 2.90. The normalized spacial score (nSPS) is 10.8. The van der Waals surface area contributed by atoms with Crippen molar-refractivity contribution in [2.24, 2.45) is 0 Å². The van der Waals surface area contributed by atoms with E-state index in [-0.39, 0.29) is 17.0 Å². The highest BCUT2D eigenvalue weighted by atomic mass is 35.5. The smallest absolute Gasteiger partial charge is 0.223 e. The quantitative estimate of drug-likeness (QED) is 0.795. The highest BCUT2D eigenvalue weighted by molar-refractivity contribution is 6.28. The molecule has 0 aliphatic heterocycles. The Morgan fingerprint density at radius 2 is 1.79 bits per heavy atom. The lowest BCUT2D eigenvalue weighted by atomic mass is 10.0. The van der Waals surface area contributed by atoms with Gasteiger partial charge in [-0.25, -0.2) is 14.4 Å². The first-order chi connectivity index (χ1) is 9.02.